The van der Waals surface area contributed by atoms with E-state index in [1.165, 1.54) is 5.56 Å². The molecule has 0 fully saturated rings. The van der Waals surface area contributed by atoms with Gasteiger partial charge in [0.2, 0.25) is 5.88 Å². The third kappa shape index (κ3) is 3.88. The standard InChI is InChI=1S/C25H22N8O/c1-16-10-19(3-5-22(16)34-24-12-23-32-30-15-33(23)14-29-24)31-25-20-11-18(17-6-8-26-9-7-17)2-4-21(20)27-13-28-25/h2-6,8,10-15,17,26H,7,9H2,1H3,(H,27,28,31). The number of allylic oxidation sites excluding steroid dienone is 1. The van der Waals surface area contributed by atoms with Gasteiger partial charge in [0, 0.05) is 29.6 Å². The number of fused-ring (bicyclic) bond motifs is 2. The number of benzene rings is 2. The minimum atomic E-state index is 0.392. The predicted molar refractivity (Wildman–Crippen MR) is 129 cm³/mol. The van der Waals surface area contributed by atoms with E-state index < -0.39 is 0 Å². The molecule has 0 saturated carbocycles. The van der Waals surface area contributed by atoms with Crippen LogP contribution < -0.4 is 15.4 Å². The van der Waals surface area contributed by atoms with Gasteiger partial charge in [0.05, 0.1) is 5.52 Å². The van der Waals surface area contributed by atoms with Gasteiger partial charge in [-0.25, -0.2) is 15.0 Å². The summed E-state index contributed by atoms with van der Waals surface area (Å²) in [7, 11) is 0. The first-order valence-corrected chi connectivity index (χ1v) is 11.1. The lowest BCUT2D eigenvalue weighted by Crippen LogP contribution is -2.16. The summed E-state index contributed by atoms with van der Waals surface area (Å²) in [6, 6.07) is 14.1. The number of aromatic nitrogens is 6. The zero-order chi connectivity index (χ0) is 22.9. The Balaban J connectivity index is 1.26. The normalized spacial score (nSPS) is 15.4. The van der Waals surface area contributed by atoms with Crippen molar-refractivity contribution in [2.45, 2.75) is 19.3 Å². The maximum Gasteiger partial charge on any atom is 0.224 e. The third-order valence-electron chi connectivity index (χ3n) is 5.95. The second-order valence-corrected chi connectivity index (χ2v) is 8.24. The molecule has 0 spiro atoms. The maximum atomic E-state index is 5.99. The van der Waals surface area contributed by atoms with Crippen molar-refractivity contribution < 1.29 is 4.74 Å². The van der Waals surface area contributed by atoms with Crippen molar-refractivity contribution in [1.29, 1.82) is 0 Å². The lowest BCUT2D eigenvalue weighted by atomic mass is 9.93. The van der Waals surface area contributed by atoms with Gasteiger partial charge in [0.25, 0.3) is 0 Å². The zero-order valence-corrected chi connectivity index (χ0v) is 18.5. The average molecular weight is 451 g/mol. The molecule has 0 amide bonds. The van der Waals surface area contributed by atoms with E-state index in [1.54, 1.807) is 29.4 Å². The van der Waals surface area contributed by atoms with Crippen molar-refractivity contribution in [1.82, 2.24) is 34.9 Å². The molecule has 9 nitrogen and oxygen atoms in total. The summed E-state index contributed by atoms with van der Waals surface area (Å²) in [5.74, 6) is 2.35. The Labute approximate surface area is 195 Å². The molecule has 34 heavy (non-hydrogen) atoms. The molecule has 0 saturated heterocycles. The second kappa shape index (κ2) is 8.43. The number of hydrogen-bond acceptors (Lipinski definition) is 8. The zero-order valence-electron chi connectivity index (χ0n) is 18.5. The van der Waals surface area contributed by atoms with Crippen LogP contribution in [0.1, 0.15) is 23.5 Å². The summed E-state index contributed by atoms with van der Waals surface area (Å²) in [5.41, 5.74) is 4.73. The summed E-state index contributed by atoms with van der Waals surface area (Å²) in [4.78, 5) is 13.3. The molecule has 4 heterocycles. The van der Waals surface area contributed by atoms with Crippen molar-refractivity contribution in [3.8, 4) is 11.6 Å². The van der Waals surface area contributed by atoms with Gasteiger partial charge in [-0.2, -0.15) is 0 Å². The molecule has 0 aliphatic carbocycles. The first-order valence-electron chi connectivity index (χ1n) is 11.1. The molecule has 5 aromatic rings. The van der Waals surface area contributed by atoms with Crippen LogP contribution in [0.5, 0.6) is 11.6 Å². The van der Waals surface area contributed by atoms with E-state index >= 15 is 0 Å². The van der Waals surface area contributed by atoms with E-state index in [0.29, 0.717) is 17.4 Å². The number of nitrogens with zero attached hydrogens (tertiary/aromatic N) is 6. The maximum absolute atomic E-state index is 5.99. The minimum Gasteiger partial charge on any atom is -0.439 e. The van der Waals surface area contributed by atoms with Crippen LogP contribution in [0.4, 0.5) is 11.5 Å². The number of aryl methyl sites for hydroxylation is 1. The van der Waals surface area contributed by atoms with Gasteiger partial charge in [0.15, 0.2) is 5.65 Å². The summed E-state index contributed by atoms with van der Waals surface area (Å²) in [5, 5.41) is 15.6. The number of rotatable bonds is 5. The Bertz CT molecular complexity index is 1530. The van der Waals surface area contributed by atoms with Gasteiger partial charge in [-0.05, 0) is 61.0 Å². The highest BCUT2D eigenvalue weighted by molar-refractivity contribution is 5.91. The molecule has 2 aromatic carbocycles. The van der Waals surface area contributed by atoms with E-state index in [0.717, 1.165) is 46.7 Å². The highest BCUT2D eigenvalue weighted by Gasteiger charge is 2.14. The summed E-state index contributed by atoms with van der Waals surface area (Å²) in [6.07, 6.45) is 10.1. The van der Waals surface area contributed by atoms with Crippen molar-refractivity contribution in [2.24, 2.45) is 0 Å². The van der Waals surface area contributed by atoms with Gasteiger partial charge in [-0.3, -0.25) is 4.40 Å². The lowest BCUT2D eigenvalue weighted by molar-refractivity contribution is 0.458. The molecule has 1 unspecified atom stereocenters. The molecule has 0 bridgehead atoms. The smallest absolute Gasteiger partial charge is 0.224 e. The molecule has 1 aliphatic heterocycles. The lowest BCUT2D eigenvalue weighted by Gasteiger charge is -2.18. The summed E-state index contributed by atoms with van der Waals surface area (Å²) >= 11 is 0. The fourth-order valence-corrected chi connectivity index (χ4v) is 4.14. The van der Waals surface area contributed by atoms with E-state index in [1.807, 2.05) is 31.3 Å². The Morgan fingerprint density at radius 1 is 1.06 bits per heavy atom. The van der Waals surface area contributed by atoms with Crippen LogP contribution in [0, 0.1) is 6.92 Å². The highest BCUT2D eigenvalue weighted by atomic mass is 16.5. The molecule has 6 rings (SSSR count). The second-order valence-electron chi connectivity index (χ2n) is 8.24. The van der Waals surface area contributed by atoms with Gasteiger partial charge >= 0.3 is 0 Å². The van der Waals surface area contributed by atoms with Gasteiger partial charge in [-0.15, -0.1) is 10.2 Å². The molecular weight excluding hydrogens is 428 g/mol. The summed E-state index contributed by atoms with van der Waals surface area (Å²) in [6.45, 7) is 2.97. The van der Waals surface area contributed by atoms with Crippen LogP contribution in [0.15, 0.2) is 73.7 Å². The van der Waals surface area contributed by atoms with Crippen molar-refractivity contribution >= 4 is 28.1 Å². The summed E-state index contributed by atoms with van der Waals surface area (Å²) < 4.78 is 7.72. The first kappa shape index (κ1) is 20.1. The molecule has 1 aliphatic rings. The Hall–Kier alpha value is -4.53. The first-order chi connectivity index (χ1) is 16.7. The molecule has 3 aromatic heterocycles. The van der Waals surface area contributed by atoms with Crippen LogP contribution in [0.25, 0.3) is 16.6 Å². The Morgan fingerprint density at radius 2 is 2.03 bits per heavy atom. The molecule has 1 atom stereocenters. The van der Waals surface area contributed by atoms with Gasteiger partial charge < -0.3 is 15.4 Å². The molecule has 2 N–H and O–H groups in total. The topological polar surface area (TPSA) is 102 Å². The highest BCUT2D eigenvalue weighted by Crippen LogP contribution is 2.31. The van der Waals surface area contributed by atoms with E-state index in [4.69, 9.17) is 4.74 Å². The van der Waals surface area contributed by atoms with Crippen molar-refractivity contribution in [3.63, 3.8) is 0 Å². The quantitative estimate of drug-likeness (QED) is 0.403. The van der Waals surface area contributed by atoms with Crippen LogP contribution >= 0.6 is 0 Å². The minimum absolute atomic E-state index is 0.392. The SMILES string of the molecule is Cc1cc(Nc2ncnc3ccc(C4C=CNCC4)cc23)ccc1Oc1cc2nncn2cn1. The monoisotopic (exact) mass is 450 g/mol. The molecule has 0 radical (unpaired) electrons. The number of ether oxygens (including phenoxy) is 1. The van der Waals surface area contributed by atoms with E-state index in [9.17, 15) is 0 Å². The van der Waals surface area contributed by atoms with Gasteiger partial charge in [0.1, 0.15) is 30.5 Å². The average Bonchev–Trinajstić information content (AvgIpc) is 3.34. The van der Waals surface area contributed by atoms with Crippen LogP contribution in [-0.4, -0.2) is 36.1 Å². The molecule has 9 heteroatoms. The van der Waals surface area contributed by atoms with E-state index in [2.05, 4.69) is 60.1 Å². The molecular formula is C25H22N8O. The van der Waals surface area contributed by atoms with Crippen LogP contribution in [0.2, 0.25) is 0 Å². The third-order valence-corrected chi connectivity index (χ3v) is 5.95. The Morgan fingerprint density at radius 3 is 2.91 bits per heavy atom. The van der Waals surface area contributed by atoms with Crippen molar-refractivity contribution in [2.75, 3.05) is 11.9 Å². The van der Waals surface area contributed by atoms with Crippen molar-refractivity contribution in [3.05, 3.63) is 84.8 Å². The largest absolute Gasteiger partial charge is 0.439 e. The number of anilines is 2. The fourth-order valence-electron chi connectivity index (χ4n) is 4.14. The van der Waals surface area contributed by atoms with Crippen LogP contribution in [-0.2, 0) is 0 Å². The molecule has 168 valence electrons. The number of hydrogen-bond donors (Lipinski definition) is 2. The Kier molecular flexibility index (Phi) is 4.99. The van der Waals surface area contributed by atoms with Gasteiger partial charge in [-0.1, -0.05) is 12.1 Å². The number of nitrogens with one attached hydrogen (secondary N) is 2. The predicted octanol–water partition coefficient (Wildman–Crippen LogP) is 4.50. The van der Waals surface area contributed by atoms with E-state index in [-0.39, 0.29) is 0 Å². The fraction of sp³-hybridized carbons (Fsp3) is 0.160. The van der Waals surface area contributed by atoms with Crippen LogP contribution in [0.3, 0.4) is 0 Å².